The summed E-state index contributed by atoms with van der Waals surface area (Å²) in [6.45, 7) is 3.16. The van der Waals surface area contributed by atoms with Gasteiger partial charge in [-0.1, -0.05) is 53.0 Å². The Morgan fingerprint density at radius 2 is 1.72 bits per heavy atom. The fourth-order valence-electron chi connectivity index (χ4n) is 3.11. The molecule has 164 valence electrons. The molecule has 0 atom stereocenters. The van der Waals surface area contributed by atoms with Gasteiger partial charge in [0, 0.05) is 33.0 Å². The standard InChI is InChI=1S/C22H19Cl3N6S/c1-14-8-21(29-31(14)11-15-2-5-17(23)6-3-15)28-22(32)27-19-10-26-30(13-19)12-16-4-7-18(24)9-20(16)25/h2-10,13H,11-12H2,1H3,(H2,27,28,29,32). The van der Waals surface area contributed by atoms with Crippen LogP contribution in [-0.2, 0) is 13.1 Å². The van der Waals surface area contributed by atoms with Gasteiger partial charge in [-0.15, -0.1) is 0 Å². The number of hydrogen-bond acceptors (Lipinski definition) is 3. The smallest absolute Gasteiger partial charge is 0.176 e. The molecule has 2 aromatic carbocycles. The summed E-state index contributed by atoms with van der Waals surface area (Å²) in [7, 11) is 0. The predicted octanol–water partition coefficient (Wildman–Crippen LogP) is 6.25. The highest BCUT2D eigenvalue weighted by Gasteiger charge is 2.09. The molecule has 4 rings (SSSR count). The third-order valence-corrected chi connectivity index (χ3v) is 5.75. The first-order chi connectivity index (χ1) is 15.4. The van der Waals surface area contributed by atoms with E-state index < -0.39 is 0 Å². The van der Waals surface area contributed by atoms with Gasteiger partial charge >= 0.3 is 0 Å². The minimum atomic E-state index is 0.421. The molecule has 0 saturated heterocycles. The topological polar surface area (TPSA) is 59.7 Å². The quantitative estimate of drug-likeness (QED) is 0.303. The van der Waals surface area contributed by atoms with Crippen LogP contribution in [0.3, 0.4) is 0 Å². The largest absolute Gasteiger partial charge is 0.330 e. The molecule has 10 heteroatoms. The van der Waals surface area contributed by atoms with Gasteiger partial charge < -0.3 is 10.6 Å². The van der Waals surface area contributed by atoms with Crippen molar-refractivity contribution in [3.8, 4) is 0 Å². The van der Waals surface area contributed by atoms with E-state index in [4.69, 9.17) is 47.0 Å². The molecule has 0 aliphatic carbocycles. The second-order valence-electron chi connectivity index (χ2n) is 7.20. The summed E-state index contributed by atoms with van der Waals surface area (Å²) in [6, 6.07) is 15.1. The Morgan fingerprint density at radius 1 is 0.969 bits per heavy atom. The van der Waals surface area contributed by atoms with E-state index in [0.29, 0.717) is 39.1 Å². The van der Waals surface area contributed by atoms with Crippen molar-refractivity contribution in [2.75, 3.05) is 10.6 Å². The summed E-state index contributed by atoms with van der Waals surface area (Å²) in [5.41, 5.74) is 3.80. The van der Waals surface area contributed by atoms with Gasteiger partial charge in [-0.2, -0.15) is 10.2 Å². The van der Waals surface area contributed by atoms with Crippen molar-refractivity contribution in [1.29, 1.82) is 0 Å². The lowest BCUT2D eigenvalue weighted by molar-refractivity contribution is 0.668. The van der Waals surface area contributed by atoms with Crippen molar-refractivity contribution in [2.45, 2.75) is 20.0 Å². The fraction of sp³-hybridized carbons (Fsp3) is 0.136. The van der Waals surface area contributed by atoms with E-state index in [1.807, 2.05) is 54.2 Å². The van der Waals surface area contributed by atoms with Crippen LogP contribution in [0.15, 0.2) is 60.9 Å². The maximum atomic E-state index is 6.25. The molecular weight excluding hydrogens is 487 g/mol. The number of nitrogens with one attached hydrogen (secondary N) is 2. The molecule has 2 N–H and O–H groups in total. The molecule has 0 aliphatic heterocycles. The summed E-state index contributed by atoms with van der Waals surface area (Å²) in [5, 5.41) is 17.5. The van der Waals surface area contributed by atoms with E-state index in [1.54, 1.807) is 23.0 Å². The van der Waals surface area contributed by atoms with Gasteiger partial charge in [-0.3, -0.25) is 9.36 Å². The summed E-state index contributed by atoms with van der Waals surface area (Å²) < 4.78 is 3.67. The third kappa shape index (κ3) is 5.81. The zero-order valence-electron chi connectivity index (χ0n) is 17.0. The molecule has 0 radical (unpaired) electrons. The van der Waals surface area contributed by atoms with Gasteiger partial charge in [-0.05, 0) is 54.5 Å². The molecule has 0 amide bonds. The maximum Gasteiger partial charge on any atom is 0.176 e. The number of thiocarbonyl (C=S) groups is 1. The van der Waals surface area contributed by atoms with Crippen LogP contribution >= 0.6 is 47.0 Å². The zero-order chi connectivity index (χ0) is 22.7. The number of aromatic nitrogens is 4. The van der Waals surface area contributed by atoms with Crippen LogP contribution < -0.4 is 10.6 Å². The molecule has 0 saturated carbocycles. The van der Waals surface area contributed by atoms with Gasteiger partial charge in [0.15, 0.2) is 10.9 Å². The fourth-order valence-corrected chi connectivity index (χ4v) is 3.93. The Bertz CT molecular complexity index is 1250. The Labute approximate surface area is 206 Å². The lowest BCUT2D eigenvalue weighted by Gasteiger charge is -2.07. The molecule has 2 heterocycles. The average Bonchev–Trinajstić information content (AvgIpc) is 3.31. The van der Waals surface area contributed by atoms with Crippen molar-refractivity contribution in [1.82, 2.24) is 19.6 Å². The highest BCUT2D eigenvalue weighted by molar-refractivity contribution is 7.80. The van der Waals surface area contributed by atoms with Crippen LogP contribution in [0.1, 0.15) is 16.8 Å². The SMILES string of the molecule is Cc1cc(NC(=S)Nc2cnn(Cc3ccc(Cl)cc3Cl)c2)nn1Cc1ccc(Cl)cc1. The van der Waals surface area contributed by atoms with E-state index in [-0.39, 0.29) is 0 Å². The molecule has 0 aliphatic rings. The minimum Gasteiger partial charge on any atom is -0.330 e. The lowest BCUT2D eigenvalue weighted by atomic mass is 10.2. The molecular formula is C22H19Cl3N6S. The number of aryl methyl sites for hydroxylation is 1. The first kappa shape index (κ1) is 22.6. The van der Waals surface area contributed by atoms with Crippen molar-refractivity contribution in [2.24, 2.45) is 0 Å². The van der Waals surface area contributed by atoms with Crippen molar-refractivity contribution in [3.63, 3.8) is 0 Å². The number of hydrogen-bond donors (Lipinski definition) is 2. The molecule has 0 spiro atoms. The Kier molecular flexibility index (Phi) is 7.01. The maximum absolute atomic E-state index is 6.25. The number of nitrogens with zero attached hydrogens (tertiary/aromatic N) is 4. The van der Waals surface area contributed by atoms with Gasteiger partial charge in [0.05, 0.1) is 25.0 Å². The average molecular weight is 506 g/mol. The summed E-state index contributed by atoms with van der Waals surface area (Å²) in [4.78, 5) is 0. The zero-order valence-corrected chi connectivity index (χ0v) is 20.1. The van der Waals surface area contributed by atoms with Crippen molar-refractivity contribution < 1.29 is 0 Å². The number of halogens is 3. The van der Waals surface area contributed by atoms with E-state index in [0.717, 1.165) is 22.5 Å². The first-order valence-electron chi connectivity index (χ1n) is 9.69. The summed E-state index contributed by atoms with van der Waals surface area (Å²) in [5.74, 6) is 0.661. The molecule has 32 heavy (non-hydrogen) atoms. The Morgan fingerprint density at radius 3 is 2.47 bits per heavy atom. The van der Waals surface area contributed by atoms with Gasteiger partial charge in [0.25, 0.3) is 0 Å². The van der Waals surface area contributed by atoms with Crippen LogP contribution in [0, 0.1) is 6.92 Å². The summed E-state index contributed by atoms with van der Waals surface area (Å²) >= 11 is 23.6. The van der Waals surface area contributed by atoms with E-state index in [9.17, 15) is 0 Å². The van der Waals surface area contributed by atoms with Gasteiger partial charge in [-0.25, -0.2) is 0 Å². The van der Waals surface area contributed by atoms with Crippen molar-refractivity contribution in [3.05, 3.63) is 92.8 Å². The Hall–Kier alpha value is -2.58. The van der Waals surface area contributed by atoms with Crippen LogP contribution in [0.25, 0.3) is 0 Å². The van der Waals surface area contributed by atoms with Gasteiger partial charge in [0.2, 0.25) is 0 Å². The van der Waals surface area contributed by atoms with Crippen LogP contribution in [-0.4, -0.2) is 24.7 Å². The highest BCUT2D eigenvalue weighted by atomic mass is 35.5. The number of rotatable bonds is 6. The highest BCUT2D eigenvalue weighted by Crippen LogP contribution is 2.22. The molecule has 0 unspecified atom stereocenters. The monoisotopic (exact) mass is 504 g/mol. The van der Waals surface area contributed by atoms with Crippen molar-refractivity contribution >= 4 is 63.6 Å². The predicted molar refractivity (Wildman–Crippen MR) is 135 cm³/mol. The van der Waals surface area contributed by atoms with Crippen LogP contribution in [0.2, 0.25) is 15.1 Å². The minimum absolute atomic E-state index is 0.421. The number of benzene rings is 2. The molecule has 4 aromatic rings. The van der Waals surface area contributed by atoms with Crippen LogP contribution in [0.5, 0.6) is 0 Å². The van der Waals surface area contributed by atoms with Crippen LogP contribution in [0.4, 0.5) is 11.5 Å². The first-order valence-corrected chi connectivity index (χ1v) is 11.2. The molecule has 6 nitrogen and oxygen atoms in total. The second kappa shape index (κ2) is 9.92. The third-order valence-electron chi connectivity index (χ3n) is 4.71. The van der Waals surface area contributed by atoms with Gasteiger partial charge in [0.1, 0.15) is 0 Å². The Balaban J connectivity index is 1.35. The number of anilines is 2. The normalized spacial score (nSPS) is 10.9. The van der Waals surface area contributed by atoms with E-state index in [1.165, 1.54) is 0 Å². The molecule has 0 fully saturated rings. The molecule has 0 bridgehead atoms. The lowest BCUT2D eigenvalue weighted by Crippen LogP contribution is -2.19. The summed E-state index contributed by atoms with van der Waals surface area (Å²) in [6.07, 6.45) is 3.55. The second-order valence-corrected chi connectivity index (χ2v) is 8.88. The molecule has 2 aromatic heterocycles. The van der Waals surface area contributed by atoms with E-state index >= 15 is 0 Å². The van der Waals surface area contributed by atoms with E-state index in [2.05, 4.69) is 20.8 Å².